The van der Waals surface area contributed by atoms with Crippen LogP contribution in [-0.2, 0) is 0 Å². The van der Waals surface area contributed by atoms with E-state index in [4.69, 9.17) is 0 Å². The van der Waals surface area contributed by atoms with Crippen molar-refractivity contribution >= 4 is 15.9 Å². The molecule has 0 radical (unpaired) electrons. The van der Waals surface area contributed by atoms with Gasteiger partial charge in [-0.1, -0.05) is 41.3 Å². The normalized spacial score (nSPS) is 18.4. The Hall–Kier alpha value is -0.500. The van der Waals surface area contributed by atoms with Crippen LogP contribution in [0.2, 0.25) is 0 Å². The third-order valence-electron chi connectivity index (χ3n) is 3.04. The Bertz CT molecular complexity index is 296. The molecule has 1 nitrogen and oxygen atoms in total. The standard InChI is InChI=1S/C12H15BrO/c13-10-7-4-8-11(14)12(10)9-5-2-1-3-6-9/h4,7-9,14H,1-3,5-6H2. The van der Waals surface area contributed by atoms with Gasteiger partial charge in [-0.3, -0.25) is 0 Å². The van der Waals surface area contributed by atoms with Crippen LogP contribution in [0.5, 0.6) is 5.75 Å². The van der Waals surface area contributed by atoms with Crippen molar-refractivity contribution in [1.29, 1.82) is 0 Å². The Balaban J connectivity index is 2.29. The van der Waals surface area contributed by atoms with E-state index in [0.29, 0.717) is 11.7 Å². The maximum Gasteiger partial charge on any atom is 0.120 e. The number of benzene rings is 1. The average molecular weight is 255 g/mol. The van der Waals surface area contributed by atoms with Gasteiger partial charge in [0.15, 0.2) is 0 Å². The lowest BCUT2D eigenvalue weighted by molar-refractivity contribution is 0.413. The van der Waals surface area contributed by atoms with E-state index in [1.54, 1.807) is 6.07 Å². The molecule has 76 valence electrons. The number of phenolic OH excluding ortho intramolecular Hbond substituents is 1. The monoisotopic (exact) mass is 254 g/mol. The molecule has 0 atom stereocenters. The van der Waals surface area contributed by atoms with E-state index >= 15 is 0 Å². The van der Waals surface area contributed by atoms with Crippen LogP contribution in [0.4, 0.5) is 0 Å². The van der Waals surface area contributed by atoms with E-state index in [-0.39, 0.29) is 0 Å². The molecule has 0 spiro atoms. The molecule has 1 aliphatic rings. The number of halogens is 1. The summed E-state index contributed by atoms with van der Waals surface area (Å²) in [7, 11) is 0. The highest BCUT2D eigenvalue weighted by molar-refractivity contribution is 9.10. The highest BCUT2D eigenvalue weighted by atomic mass is 79.9. The molecule has 2 rings (SSSR count). The van der Waals surface area contributed by atoms with Gasteiger partial charge in [0, 0.05) is 10.0 Å². The first kappa shape index (κ1) is 10.0. The van der Waals surface area contributed by atoms with Crippen LogP contribution in [0.15, 0.2) is 22.7 Å². The van der Waals surface area contributed by atoms with Crippen molar-refractivity contribution < 1.29 is 5.11 Å². The van der Waals surface area contributed by atoms with Gasteiger partial charge in [-0.15, -0.1) is 0 Å². The van der Waals surface area contributed by atoms with Crippen molar-refractivity contribution in [3.63, 3.8) is 0 Å². The second kappa shape index (κ2) is 4.35. The van der Waals surface area contributed by atoms with E-state index < -0.39 is 0 Å². The van der Waals surface area contributed by atoms with Crippen molar-refractivity contribution in [3.8, 4) is 5.75 Å². The van der Waals surface area contributed by atoms with Crippen molar-refractivity contribution in [2.45, 2.75) is 38.0 Å². The zero-order chi connectivity index (χ0) is 9.97. The van der Waals surface area contributed by atoms with Gasteiger partial charge in [0.1, 0.15) is 5.75 Å². The third-order valence-corrected chi connectivity index (χ3v) is 3.73. The van der Waals surface area contributed by atoms with Crippen molar-refractivity contribution in [2.75, 3.05) is 0 Å². The van der Waals surface area contributed by atoms with Crippen molar-refractivity contribution in [2.24, 2.45) is 0 Å². The summed E-state index contributed by atoms with van der Waals surface area (Å²) < 4.78 is 1.06. The molecule has 1 N–H and O–H groups in total. The zero-order valence-electron chi connectivity index (χ0n) is 8.17. The summed E-state index contributed by atoms with van der Waals surface area (Å²) in [6.45, 7) is 0. The second-order valence-electron chi connectivity index (χ2n) is 4.01. The first-order valence-corrected chi connectivity index (χ1v) is 6.05. The minimum Gasteiger partial charge on any atom is -0.508 e. The summed E-state index contributed by atoms with van der Waals surface area (Å²) in [4.78, 5) is 0. The minimum atomic E-state index is 0.450. The van der Waals surface area contributed by atoms with Crippen LogP contribution in [0, 0.1) is 0 Å². The summed E-state index contributed by atoms with van der Waals surface area (Å²) in [6, 6.07) is 5.68. The molecule has 1 saturated carbocycles. The molecule has 1 aromatic rings. The fourth-order valence-electron chi connectivity index (χ4n) is 2.32. The summed E-state index contributed by atoms with van der Waals surface area (Å²) in [5.74, 6) is 1.01. The lowest BCUT2D eigenvalue weighted by Gasteiger charge is -2.23. The SMILES string of the molecule is Oc1cccc(Br)c1C1CCCCC1. The Morgan fingerprint density at radius 3 is 2.50 bits per heavy atom. The summed E-state index contributed by atoms with van der Waals surface area (Å²) in [6.07, 6.45) is 6.38. The van der Waals surface area contributed by atoms with E-state index in [1.807, 2.05) is 12.1 Å². The number of hydrogen-bond acceptors (Lipinski definition) is 1. The molecule has 1 aromatic carbocycles. The lowest BCUT2D eigenvalue weighted by atomic mass is 9.84. The van der Waals surface area contributed by atoms with Crippen LogP contribution in [0.25, 0.3) is 0 Å². The van der Waals surface area contributed by atoms with Crippen LogP contribution in [0.3, 0.4) is 0 Å². The molecule has 0 bridgehead atoms. The van der Waals surface area contributed by atoms with Gasteiger partial charge in [0.25, 0.3) is 0 Å². The number of hydrogen-bond donors (Lipinski definition) is 1. The second-order valence-corrected chi connectivity index (χ2v) is 4.86. The van der Waals surface area contributed by atoms with Crippen LogP contribution >= 0.6 is 15.9 Å². The van der Waals surface area contributed by atoms with Crippen LogP contribution < -0.4 is 0 Å². The Morgan fingerprint density at radius 2 is 1.86 bits per heavy atom. The molecular weight excluding hydrogens is 240 g/mol. The molecule has 14 heavy (non-hydrogen) atoms. The molecule has 1 fully saturated rings. The zero-order valence-corrected chi connectivity index (χ0v) is 9.76. The van der Waals surface area contributed by atoms with Gasteiger partial charge in [-0.25, -0.2) is 0 Å². The van der Waals surface area contributed by atoms with E-state index in [2.05, 4.69) is 15.9 Å². The minimum absolute atomic E-state index is 0.450. The Labute approximate surface area is 93.3 Å². The summed E-state index contributed by atoms with van der Waals surface area (Å²) in [5.41, 5.74) is 1.12. The first-order valence-electron chi connectivity index (χ1n) is 5.26. The smallest absolute Gasteiger partial charge is 0.120 e. The van der Waals surface area contributed by atoms with E-state index in [0.717, 1.165) is 10.0 Å². The van der Waals surface area contributed by atoms with Gasteiger partial charge < -0.3 is 5.11 Å². The molecule has 0 aliphatic heterocycles. The predicted molar refractivity (Wildman–Crippen MR) is 61.6 cm³/mol. The molecule has 0 saturated heterocycles. The molecule has 1 aliphatic carbocycles. The largest absolute Gasteiger partial charge is 0.508 e. The fourth-order valence-corrected chi connectivity index (χ4v) is 3.00. The van der Waals surface area contributed by atoms with Crippen LogP contribution in [-0.4, -0.2) is 5.11 Å². The van der Waals surface area contributed by atoms with Crippen molar-refractivity contribution in [1.82, 2.24) is 0 Å². The quantitative estimate of drug-likeness (QED) is 0.797. The predicted octanol–water partition coefficient (Wildman–Crippen LogP) is 4.20. The lowest BCUT2D eigenvalue weighted by Crippen LogP contribution is -2.05. The van der Waals surface area contributed by atoms with E-state index in [9.17, 15) is 5.11 Å². The van der Waals surface area contributed by atoms with Gasteiger partial charge in [-0.05, 0) is 30.9 Å². The number of phenols is 1. The van der Waals surface area contributed by atoms with Gasteiger partial charge >= 0.3 is 0 Å². The maximum atomic E-state index is 9.81. The van der Waals surface area contributed by atoms with Gasteiger partial charge in [-0.2, -0.15) is 0 Å². The fraction of sp³-hybridized carbons (Fsp3) is 0.500. The summed E-state index contributed by atoms with van der Waals surface area (Å²) >= 11 is 3.52. The third kappa shape index (κ3) is 1.95. The number of rotatable bonds is 1. The molecule has 0 aromatic heterocycles. The maximum absolute atomic E-state index is 9.81. The highest BCUT2D eigenvalue weighted by Gasteiger charge is 2.20. The Kier molecular flexibility index (Phi) is 3.12. The van der Waals surface area contributed by atoms with Crippen LogP contribution in [0.1, 0.15) is 43.6 Å². The molecule has 2 heteroatoms. The molecular formula is C12H15BrO. The summed E-state index contributed by atoms with van der Waals surface area (Å²) in [5, 5.41) is 9.81. The van der Waals surface area contributed by atoms with Crippen molar-refractivity contribution in [3.05, 3.63) is 28.2 Å². The highest BCUT2D eigenvalue weighted by Crippen LogP contribution is 2.40. The molecule has 0 amide bonds. The molecule has 0 unspecified atom stereocenters. The van der Waals surface area contributed by atoms with Gasteiger partial charge in [0.2, 0.25) is 0 Å². The number of aromatic hydroxyl groups is 1. The first-order chi connectivity index (χ1) is 6.79. The molecule has 0 heterocycles. The van der Waals surface area contributed by atoms with Gasteiger partial charge in [0.05, 0.1) is 0 Å². The average Bonchev–Trinajstić information content (AvgIpc) is 2.19. The van der Waals surface area contributed by atoms with E-state index in [1.165, 1.54) is 32.1 Å². The topological polar surface area (TPSA) is 20.2 Å². The Morgan fingerprint density at radius 1 is 1.14 bits per heavy atom.